The Balaban J connectivity index is 2.15. The first-order valence-electron chi connectivity index (χ1n) is 7.07. The van der Waals surface area contributed by atoms with Crippen molar-refractivity contribution in [2.45, 2.75) is 20.3 Å². The molecule has 114 valence electrons. The summed E-state index contributed by atoms with van der Waals surface area (Å²) in [6.45, 7) is 3.45. The van der Waals surface area contributed by atoms with E-state index in [0.29, 0.717) is 22.6 Å². The first-order chi connectivity index (χ1) is 10.5. The molecule has 0 unspecified atom stereocenters. The number of anilines is 3. The van der Waals surface area contributed by atoms with Crippen molar-refractivity contribution in [2.24, 2.45) is 0 Å². The van der Waals surface area contributed by atoms with Crippen molar-refractivity contribution in [1.82, 2.24) is 0 Å². The van der Waals surface area contributed by atoms with Crippen molar-refractivity contribution in [3.63, 3.8) is 0 Å². The van der Waals surface area contributed by atoms with E-state index in [4.69, 9.17) is 5.73 Å². The number of rotatable bonds is 4. The Morgan fingerprint density at radius 2 is 1.77 bits per heavy atom. The van der Waals surface area contributed by atoms with Crippen LogP contribution in [0.4, 0.5) is 17.1 Å². The predicted molar refractivity (Wildman–Crippen MR) is 88.9 cm³/mol. The lowest BCUT2D eigenvalue weighted by molar-refractivity contribution is -0.114. The molecule has 0 aliphatic carbocycles. The van der Waals surface area contributed by atoms with Gasteiger partial charge in [-0.3, -0.25) is 9.59 Å². The van der Waals surface area contributed by atoms with Crippen LogP contribution in [0.2, 0.25) is 0 Å². The van der Waals surface area contributed by atoms with Crippen LogP contribution in [0.15, 0.2) is 42.5 Å². The van der Waals surface area contributed by atoms with Crippen molar-refractivity contribution < 1.29 is 9.59 Å². The quantitative estimate of drug-likeness (QED) is 0.758. The highest BCUT2D eigenvalue weighted by Crippen LogP contribution is 2.19. The van der Waals surface area contributed by atoms with Gasteiger partial charge in [0.1, 0.15) is 0 Å². The summed E-state index contributed by atoms with van der Waals surface area (Å²) in [6.07, 6.45) is 0.846. The predicted octanol–water partition coefficient (Wildman–Crippen LogP) is 3.04. The molecule has 4 N–H and O–H groups in total. The summed E-state index contributed by atoms with van der Waals surface area (Å²) in [5.41, 5.74) is 9.32. The summed E-state index contributed by atoms with van der Waals surface area (Å²) in [6, 6.07) is 12.2. The van der Waals surface area contributed by atoms with Crippen molar-refractivity contribution in [3.05, 3.63) is 53.6 Å². The maximum Gasteiger partial charge on any atom is 0.255 e. The fourth-order valence-electron chi connectivity index (χ4n) is 2.14. The van der Waals surface area contributed by atoms with Gasteiger partial charge in [0.05, 0.1) is 0 Å². The number of nitrogens with two attached hydrogens (primary N) is 1. The van der Waals surface area contributed by atoms with E-state index in [1.807, 2.05) is 19.1 Å². The van der Waals surface area contributed by atoms with Gasteiger partial charge in [-0.15, -0.1) is 0 Å². The van der Waals surface area contributed by atoms with Gasteiger partial charge in [0, 0.05) is 29.5 Å². The fourth-order valence-corrected chi connectivity index (χ4v) is 2.14. The largest absolute Gasteiger partial charge is 0.398 e. The van der Waals surface area contributed by atoms with Crippen molar-refractivity contribution in [1.29, 1.82) is 0 Å². The number of benzene rings is 2. The highest BCUT2D eigenvalue weighted by Gasteiger charge is 2.08. The Morgan fingerprint density at radius 3 is 2.41 bits per heavy atom. The Bertz CT molecular complexity index is 711. The van der Waals surface area contributed by atoms with Crippen LogP contribution in [0, 0.1) is 0 Å². The molecular weight excluding hydrogens is 278 g/mol. The third kappa shape index (κ3) is 3.85. The zero-order valence-corrected chi connectivity index (χ0v) is 12.6. The summed E-state index contributed by atoms with van der Waals surface area (Å²) >= 11 is 0. The number of nitrogens with one attached hydrogen (secondary N) is 2. The van der Waals surface area contributed by atoms with Crippen LogP contribution in [0.25, 0.3) is 0 Å². The summed E-state index contributed by atoms with van der Waals surface area (Å²) in [5.74, 6) is -0.434. The summed E-state index contributed by atoms with van der Waals surface area (Å²) in [5, 5.41) is 5.45. The molecule has 0 saturated heterocycles. The Labute approximate surface area is 129 Å². The zero-order valence-electron chi connectivity index (χ0n) is 12.6. The molecule has 0 radical (unpaired) electrons. The van der Waals surface area contributed by atoms with Gasteiger partial charge in [-0.1, -0.05) is 19.1 Å². The van der Waals surface area contributed by atoms with Gasteiger partial charge in [0.25, 0.3) is 5.91 Å². The van der Waals surface area contributed by atoms with Crippen molar-refractivity contribution in [3.8, 4) is 0 Å². The number of amides is 2. The first kappa shape index (κ1) is 15.6. The van der Waals surface area contributed by atoms with E-state index in [9.17, 15) is 9.59 Å². The lowest BCUT2D eigenvalue weighted by Crippen LogP contribution is -2.13. The summed E-state index contributed by atoms with van der Waals surface area (Å²) in [7, 11) is 0. The number of hydrogen-bond donors (Lipinski definition) is 3. The molecule has 2 aromatic rings. The number of carbonyl (C=O) groups is 2. The third-order valence-corrected chi connectivity index (χ3v) is 3.23. The Morgan fingerprint density at radius 1 is 1.05 bits per heavy atom. The molecule has 0 aliphatic heterocycles. The fraction of sp³-hybridized carbons (Fsp3) is 0.176. The second-order valence-electron chi connectivity index (χ2n) is 4.98. The number of hydrogen-bond acceptors (Lipinski definition) is 3. The van der Waals surface area contributed by atoms with Crippen LogP contribution in [0.1, 0.15) is 29.8 Å². The highest BCUT2D eigenvalue weighted by atomic mass is 16.2. The van der Waals surface area contributed by atoms with E-state index >= 15 is 0 Å². The molecule has 0 heterocycles. The average Bonchev–Trinajstić information content (AvgIpc) is 2.47. The Hall–Kier alpha value is -2.82. The smallest absolute Gasteiger partial charge is 0.255 e. The van der Waals surface area contributed by atoms with E-state index in [-0.39, 0.29) is 11.8 Å². The van der Waals surface area contributed by atoms with Crippen LogP contribution in [-0.4, -0.2) is 11.8 Å². The number of nitrogen functional groups attached to an aromatic ring is 1. The minimum Gasteiger partial charge on any atom is -0.398 e. The molecule has 5 nitrogen and oxygen atoms in total. The van der Waals surface area contributed by atoms with Crippen LogP contribution < -0.4 is 16.4 Å². The summed E-state index contributed by atoms with van der Waals surface area (Å²) in [4.78, 5) is 23.3. The van der Waals surface area contributed by atoms with Crippen LogP contribution in [0.5, 0.6) is 0 Å². The maximum absolute atomic E-state index is 12.3. The lowest BCUT2D eigenvalue weighted by atomic mass is 10.1. The van der Waals surface area contributed by atoms with Gasteiger partial charge >= 0.3 is 0 Å². The van der Waals surface area contributed by atoms with E-state index in [0.717, 1.165) is 12.0 Å². The van der Waals surface area contributed by atoms with Crippen molar-refractivity contribution >= 4 is 28.9 Å². The van der Waals surface area contributed by atoms with Gasteiger partial charge in [-0.25, -0.2) is 0 Å². The molecular formula is C17H19N3O2. The number of carbonyl (C=O) groups excluding carboxylic acids is 2. The molecule has 2 amide bonds. The van der Waals surface area contributed by atoms with Gasteiger partial charge in [-0.05, 0) is 42.3 Å². The minimum absolute atomic E-state index is 0.180. The molecule has 0 fully saturated rings. The van der Waals surface area contributed by atoms with Crippen LogP contribution in [0.3, 0.4) is 0 Å². The van der Waals surface area contributed by atoms with Gasteiger partial charge in [-0.2, -0.15) is 0 Å². The molecule has 0 aliphatic rings. The maximum atomic E-state index is 12.3. The lowest BCUT2D eigenvalue weighted by Gasteiger charge is -2.09. The molecule has 0 bridgehead atoms. The zero-order chi connectivity index (χ0) is 16.1. The third-order valence-electron chi connectivity index (χ3n) is 3.23. The molecule has 0 atom stereocenters. The van der Waals surface area contributed by atoms with Crippen LogP contribution in [-0.2, 0) is 11.2 Å². The normalized spacial score (nSPS) is 10.1. The molecule has 2 aromatic carbocycles. The van der Waals surface area contributed by atoms with E-state index in [1.165, 1.54) is 6.92 Å². The van der Waals surface area contributed by atoms with Gasteiger partial charge < -0.3 is 16.4 Å². The SMILES string of the molecule is CCc1ccc(NC(=O)c2cccc(NC(C)=O)c2)cc1N. The molecule has 0 aromatic heterocycles. The Kier molecular flexibility index (Phi) is 4.78. The molecule has 0 saturated carbocycles. The molecule has 0 spiro atoms. The second-order valence-corrected chi connectivity index (χ2v) is 4.98. The first-order valence-corrected chi connectivity index (χ1v) is 7.07. The standard InChI is InChI=1S/C17H19N3O2/c1-3-12-7-8-15(10-16(12)18)20-17(22)13-5-4-6-14(9-13)19-11(2)21/h4-10H,3,18H2,1-2H3,(H,19,21)(H,20,22). The van der Waals surface area contributed by atoms with E-state index in [2.05, 4.69) is 10.6 Å². The molecule has 5 heteroatoms. The topological polar surface area (TPSA) is 84.2 Å². The monoisotopic (exact) mass is 297 g/mol. The van der Waals surface area contributed by atoms with E-state index in [1.54, 1.807) is 30.3 Å². The van der Waals surface area contributed by atoms with Crippen molar-refractivity contribution in [2.75, 3.05) is 16.4 Å². The van der Waals surface area contributed by atoms with Gasteiger partial charge in [0.2, 0.25) is 5.91 Å². The summed E-state index contributed by atoms with van der Waals surface area (Å²) < 4.78 is 0. The highest BCUT2D eigenvalue weighted by molar-refractivity contribution is 6.05. The molecule has 2 rings (SSSR count). The average molecular weight is 297 g/mol. The van der Waals surface area contributed by atoms with Gasteiger partial charge in [0.15, 0.2) is 0 Å². The van der Waals surface area contributed by atoms with Crippen LogP contribution >= 0.6 is 0 Å². The number of aryl methyl sites for hydroxylation is 1. The molecule has 22 heavy (non-hydrogen) atoms. The van der Waals surface area contributed by atoms with E-state index < -0.39 is 0 Å². The minimum atomic E-state index is -0.254. The second kappa shape index (κ2) is 6.76.